The lowest BCUT2D eigenvalue weighted by atomic mass is 10.3. The number of thiophene rings is 1. The molecule has 0 aliphatic heterocycles. The van der Waals surface area contributed by atoms with Crippen LogP contribution in [0.5, 0.6) is 0 Å². The molecule has 10 heteroatoms. The summed E-state index contributed by atoms with van der Waals surface area (Å²) < 4.78 is 26.3. The Balaban J connectivity index is 2.33. The number of benzene rings is 1. The zero-order chi connectivity index (χ0) is 18.4. The lowest BCUT2D eigenvalue weighted by molar-refractivity contribution is -0.384. The molecular formula is C15H18N4O4S2. The van der Waals surface area contributed by atoms with Gasteiger partial charge in [-0.15, -0.1) is 0 Å². The Bertz CT molecular complexity index is 860. The molecule has 1 aromatic carbocycles. The van der Waals surface area contributed by atoms with E-state index in [9.17, 15) is 18.5 Å². The summed E-state index contributed by atoms with van der Waals surface area (Å²) >= 11 is 1.51. The average molecular weight is 382 g/mol. The summed E-state index contributed by atoms with van der Waals surface area (Å²) in [6, 6.07) is 5.59. The summed E-state index contributed by atoms with van der Waals surface area (Å²) in [6.45, 7) is 4.00. The number of hydrazone groups is 1. The van der Waals surface area contributed by atoms with E-state index in [1.165, 1.54) is 34.0 Å². The van der Waals surface area contributed by atoms with E-state index >= 15 is 0 Å². The van der Waals surface area contributed by atoms with E-state index in [0.29, 0.717) is 0 Å². The van der Waals surface area contributed by atoms with E-state index in [1.807, 2.05) is 16.8 Å². The highest BCUT2D eigenvalue weighted by molar-refractivity contribution is 7.89. The highest BCUT2D eigenvalue weighted by atomic mass is 32.2. The summed E-state index contributed by atoms with van der Waals surface area (Å²) in [4.78, 5) is 10.6. The van der Waals surface area contributed by atoms with Gasteiger partial charge < -0.3 is 0 Å². The van der Waals surface area contributed by atoms with Crippen molar-refractivity contribution < 1.29 is 13.3 Å². The first-order chi connectivity index (χ1) is 11.9. The second kappa shape index (κ2) is 8.19. The molecule has 0 saturated carbocycles. The number of nitro groups is 1. The Morgan fingerprint density at radius 1 is 1.32 bits per heavy atom. The van der Waals surface area contributed by atoms with Gasteiger partial charge in [-0.05, 0) is 29.0 Å². The molecular weight excluding hydrogens is 364 g/mol. The average Bonchev–Trinajstić information content (AvgIpc) is 3.09. The van der Waals surface area contributed by atoms with E-state index in [4.69, 9.17) is 0 Å². The van der Waals surface area contributed by atoms with Gasteiger partial charge in [-0.1, -0.05) is 13.8 Å². The lowest BCUT2D eigenvalue weighted by Gasteiger charge is -2.18. The summed E-state index contributed by atoms with van der Waals surface area (Å²) in [6.07, 6.45) is 1.53. The van der Waals surface area contributed by atoms with Gasteiger partial charge in [0.2, 0.25) is 10.0 Å². The van der Waals surface area contributed by atoms with Gasteiger partial charge in [-0.2, -0.15) is 20.7 Å². The molecule has 0 amide bonds. The Hall–Kier alpha value is -2.30. The van der Waals surface area contributed by atoms with Crippen molar-refractivity contribution >= 4 is 38.9 Å². The fourth-order valence-corrected chi connectivity index (χ4v) is 4.24. The van der Waals surface area contributed by atoms with Gasteiger partial charge in [0, 0.05) is 24.7 Å². The third kappa shape index (κ3) is 4.41. The van der Waals surface area contributed by atoms with Crippen LogP contribution in [0.2, 0.25) is 0 Å². The van der Waals surface area contributed by atoms with Gasteiger partial charge in [-0.3, -0.25) is 15.5 Å². The smallest absolute Gasteiger partial charge is 0.272 e. The Morgan fingerprint density at radius 2 is 2.04 bits per heavy atom. The van der Waals surface area contributed by atoms with Crippen LogP contribution in [0.4, 0.5) is 11.4 Å². The molecule has 2 aromatic rings. The normalized spacial score (nSPS) is 12.0. The van der Waals surface area contributed by atoms with Crippen molar-refractivity contribution in [1.82, 2.24) is 4.31 Å². The fraction of sp³-hybridized carbons (Fsp3) is 0.267. The number of nitrogens with one attached hydrogen (secondary N) is 1. The van der Waals surface area contributed by atoms with Gasteiger partial charge in [0.05, 0.1) is 16.0 Å². The largest absolute Gasteiger partial charge is 0.295 e. The summed E-state index contributed by atoms with van der Waals surface area (Å²) in [5, 5.41) is 19.0. The summed E-state index contributed by atoms with van der Waals surface area (Å²) in [7, 11) is -3.77. The zero-order valence-electron chi connectivity index (χ0n) is 13.7. The van der Waals surface area contributed by atoms with Crippen LogP contribution in [0.25, 0.3) is 0 Å². The van der Waals surface area contributed by atoms with Crippen LogP contribution in [0.3, 0.4) is 0 Å². The van der Waals surface area contributed by atoms with E-state index in [2.05, 4.69) is 10.5 Å². The maximum Gasteiger partial charge on any atom is 0.295 e. The predicted molar refractivity (Wildman–Crippen MR) is 98.7 cm³/mol. The molecule has 0 fully saturated rings. The molecule has 0 unspecified atom stereocenters. The molecule has 0 atom stereocenters. The molecule has 0 spiro atoms. The highest BCUT2D eigenvalue weighted by Gasteiger charge is 2.25. The summed E-state index contributed by atoms with van der Waals surface area (Å²) in [5.74, 6) is 0. The van der Waals surface area contributed by atoms with Crippen molar-refractivity contribution in [2.45, 2.75) is 18.7 Å². The number of rotatable bonds is 8. The number of sulfonamides is 1. The van der Waals surface area contributed by atoms with E-state index < -0.39 is 14.9 Å². The second-order valence-corrected chi connectivity index (χ2v) is 7.67. The standard InChI is InChI=1S/C15H18N4O4S2/c1-3-18(4-2)25(22,23)13-5-6-14(15(9-13)19(20)21)17-16-10-12-7-8-24-11-12/h5-11,17H,3-4H2,1-2H3/b16-10+. The monoisotopic (exact) mass is 382 g/mol. The van der Waals surface area contributed by atoms with Crippen molar-refractivity contribution in [3.05, 3.63) is 50.7 Å². The number of hydrogen-bond donors (Lipinski definition) is 1. The molecule has 2 rings (SSSR count). The molecule has 0 bridgehead atoms. The minimum Gasteiger partial charge on any atom is -0.272 e. The number of nitro benzene ring substituents is 1. The topological polar surface area (TPSA) is 105 Å². The van der Waals surface area contributed by atoms with Crippen molar-refractivity contribution in [3.8, 4) is 0 Å². The molecule has 1 aromatic heterocycles. The Labute approximate surface area is 150 Å². The first-order valence-corrected chi connectivity index (χ1v) is 9.88. The quantitative estimate of drug-likeness (QED) is 0.429. The van der Waals surface area contributed by atoms with Crippen molar-refractivity contribution in [1.29, 1.82) is 0 Å². The van der Waals surface area contributed by atoms with Crippen molar-refractivity contribution in [2.75, 3.05) is 18.5 Å². The fourth-order valence-electron chi connectivity index (χ4n) is 2.15. The van der Waals surface area contributed by atoms with E-state index in [0.717, 1.165) is 11.6 Å². The predicted octanol–water partition coefficient (Wildman–Crippen LogP) is 3.13. The van der Waals surface area contributed by atoms with Crippen LogP contribution >= 0.6 is 11.3 Å². The first kappa shape index (κ1) is 19.0. The van der Waals surface area contributed by atoms with Crippen molar-refractivity contribution in [2.24, 2.45) is 5.10 Å². The third-order valence-electron chi connectivity index (χ3n) is 3.45. The van der Waals surface area contributed by atoms with Gasteiger partial charge in [-0.25, -0.2) is 8.42 Å². The maximum absolute atomic E-state index is 12.5. The molecule has 8 nitrogen and oxygen atoms in total. The SMILES string of the molecule is CCN(CC)S(=O)(=O)c1ccc(N/N=C/c2ccsc2)c([N+](=O)[O-])c1. The number of nitrogens with zero attached hydrogens (tertiary/aromatic N) is 3. The molecule has 1 heterocycles. The van der Waals surface area contributed by atoms with Crippen LogP contribution in [-0.2, 0) is 10.0 Å². The summed E-state index contributed by atoms with van der Waals surface area (Å²) in [5.41, 5.74) is 3.22. The number of hydrogen-bond acceptors (Lipinski definition) is 7. The third-order valence-corrected chi connectivity index (χ3v) is 6.20. The minimum atomic E-state index is -3.77. The molecule has 0 radical (unpaired) electrons. The van der Waals surface area contributed by atoms with Crippen LogP contribution in [0.15, 0.2) is 45.0 Å². The Morgan fingerprint density at radius 3 is 2.60 bits per heavy atom. The second-order valence-electron chi connectivity index (χ2n) is 4.95. The van der Waals surface area contributed by atoms with Crippen LogP contribution in [0, 0.1) is 10.1 Å². The molecule has 1 N–H and O–H groups in total. The van der Waals surface area contributed by atoms with Gasteiger partial charge in [0.25, 0.3) is 5.69 Å². The molecule has 25 heavy (non-hydrogen) atoms. The highest BCUT2D eigenvalue weighted by Crippen LogP contribution is 2.29. The van der Waals surface area contributed by atoms with Gasteiger partial charge in [0.15, 0.2) is 0 Å². The van der Waals surface area contributed by atoms with Crippen LogP contribution in [-0.4, -0.2) is 37.0 Å². The molecule has 0 aliphatic carbocycles. The van der Waals surface area contributed by atoms with Crippen LogP contribution < -0.4 is 5.43 Å². The molecule has 0 saturated heterocycles. The van der Waals surface area contributed by atoms with E-state index in [1.54, 1.807) is 13.8 Å². The molecule has 134 valence electrons. The maximum atomic E-state index is 12.5. The molecule has 0 aliphatic rings. The Kier molecular flexibility index (Phi) is 6.23. The van der Waals surface area contributed by atoms with Gasteiger partial charge in [0.1, 0.15) is 5.69 Å². The minimum absolute atomic E-state index is 0.115. The first-order valence-electron chi connectivity index (χ1n) is 7.50. The lowest BCUT2D eigenvalue weighted by Crippen LogP contribution is -2.30. The van der Waals surface area contributed by atoms with E-state index in [-0.39, 0.29) is 29.4 Å². The zero-order valence-corrected chi connectivity index (χ0v) is 15.4. The van der Waals surface area contributed by atoms with Crippen LogP contribution in [0.1, 0.15) is 19.4 Å². The van der Waals surface area contributed by atoms with Crippen molar-refractivity contribution in [3.63, 3.8) is 0 Å². The van der Waals surface area contributed by atoms with Gasteiger partial charge >= 0.3 is 0 Å². The number of anilines is 1.